The molecule has 0 radical (unpaired) electrons. The van der Waals surface area contributed by atoms with Gasteiger partial charge in [0.1, 0.15) is 11.3 Å². The highest BCUT2D eigenvalue weighted by molar-refractivity contribution is 6.32. The van der Waals surface area contributed by atoms with E-state index in [1.807, 2.05) is 0 Å². The molecule has 0 spiro atoms. The van der Waals surface area contributed by atoms with E-state index in [9.17, 15) is 32.1 Å². The lowest BCUT2D eigenvalue weighted by Crippen LogP contribution is -2.11. The van der Waals surface area contributed by atoms with Crippen LogP contribution in [0.25, 0.3) is 0 Å². The van der Waals surface area contributed by atoms with Crippen molar-refractivity contribution in [3.63, 3.8) is 0 Å². The summed E-state index contributed by atoms with van der Waals surface area (Å²) in [5.74, 6) is -0.982. The Labute approximate surface area is 101 Å². The molecule has 0 aliphatic rings. The molecule has 0 amide bonds. The Bertz CT molecular complexity index is 477. The molecule has 0 N–H and O–H groups in total. The third-order valence-corrected chi connectivity index (χ3v) is 2.06. The summed E-state index contributed by atoms with van der Waals surface area (Å²) in [5, 5.41) is 9.70. The zero-order chi connectivity index (χ0) is 14.1. The first-order chi connectivity index (χ1) is 8.12. The fourth-order valence-electron chi connectivity index (χ4n) is 1.11. The van der Waals surface area contributed by atoms with Crippen molar-refractivity contribution in [2.75, 3.05) is 0 Å². The van der Waals surface area contributed by atoms with Gasteiger partial charge in [-0.1, -0.05) is 11.6 Å². The number of halogens is 6. The minimum absolute atomic E-state index is 0.0621. The summed E-state index contributed by atoms with van der Waals surface area (Å²) in [5.41, 5.74) is -3.05. The minimum atomic E-state index is -5.09. The van der Waals surface area contributed by atoms with E-state index in [1.54, 1.807) is 0 Å². The summed E-state index contributed by atoms with van der Waals surface area (Å²) in [6.45, 7) is -3.40. The molecular weight excluding hydrogens is 289 g/mol. The molecule has 0 saturated heterocycles. The number of benzene rings is 1. The highest BCUT2D eigenvalue weighted by atomic mass is 35.5. The van der Waals surface area contributed by atoms with E-state index < -0.39 is 39.7 Å². The van der Waals surface area contributed by atoms with E-state index >= 15 is 0 Å². The molecule has 1 aromatic rings. The van der Waals surface area contributed by atoms with Crippen LogP contribution in [0.2, 0.25) is 5.02 Å². The maximum absolute atomic E-state index is 12.5. The van der Waals surface area contributed by atoms with E-state index in [1.165, 1.54) is 0 Å². The molecule has 0 unspecified atom stereocenters. The first-order valence-electron chi connectivity index (χ1n) is 4.13. The number of hydrogen-bond donors (Lipinski definition) is 0. The molecule has 18 heavy (non-hydrogen) atoms. The summed E-state index contributed by atoms with van der Waals surface area (Å²) in [4.78, 5) is 9.09. The van der Waals surface area contributed by atoms with Gasteiger partial charge < -0.3 is 4.74 Å². The van der Waals surface area contributed by atoms with Crippen molar-refractivity contribution in [1.29, 1.82) is 0 Å². The first kappa shape index (κ1) is 14.4. The van der Waals surface area contributed by atoms with Crippen LogP contribution in [0.15, 0.2) is 12.1 Å². The van der Waals surface area contributed by atoms with Gasteiger partial charge in [0.05, 0.1) is 9.95 Å². The average Bonchev–Trinajstić information content (AvgIpc) is 2.17. The lowest BCUT2D eigenvalue weighted by molar-refractivity contribution is -0.388. The predicted molar refractivity (Wildman–Crippen MR) is 49.7 cm³/mol. The highest BCUT2D eigenvalue weighted by Crippen LogP contribution is 2.41. The van der Waals surface area contributed by atoms with Crippen LogP contribution in [-0.2, 0) is 6.18 Å². The summed E-state index contributed by atoms with van der Waals surface area (Å²) < 4.78 is 64.9. The summed E-state index contributed by atoms with van der Waals surface area (Å²) in [6.07, 6.45) is -5.09. The van der Waals surface area contributed by atoms with Crippen LogP contribution in [0.1, 0.15) is 5.56 Å². The van der Waals surface area contributed by atoms with Gasteiger partial charge in [0.2, 0.25) is 0 Å². The van der Waals surface area contributed by atoms with E-state index in [2.05, 4.69) is 4.74 Å². The van der Waals surface area contributed by atoms with Gasteiger partial charge >= 0.3 is 12.8 Å². The van der Waals surface area contributed by atoms with Crippen molar-refractivity contribution in [3.8, 4) is 5.75 Å². The maximum atomic E-state index is 12.5. The van der Waals surface area contributed by atoms with Gasteiger partial charge in [0, 0.05) is 12.1 Å². The number of nitrogens with zero attached hydrogens (tertiary/aromatic N) is 1. The monoisotopic (exact) mass is 291 g/mol. The lowest BCUT2D eigenvalue weighted by atomic mass is 10.1. The molecule has 10 heteroatoms. The second kappa shape index (κ2) is 4.92. The van der Waals surface area contributed by atoms with Crippen molar-refractivity contribution >= 4 is 17.3 Å². The molecule has 1 rings (SSSR count). The van der Waals surface area contributed by atoms with Gasteiger partial charge in [-0.2, -0.15) is 22.0 Å². The molecule has 0 aliphatic carbocycles. The van der Waals surface area contributed by atoms with E-state index in [0.717, 1.165) is 0 Å². The van der Waals surface area contributed by atoms with Gasteiger partial charge in [0.15, 0.2) is 0 Å². The Kier molecular flexibility index (Phi) is 3.95. The van der Waals surface area contributed by atoms with Crippen LogP contribution >= 0.6 is 11.6 Å². The van der Waals surface area contributed by atoms with Crippen LogP contribution in [0.4, 0.5) is 27.6 Å². The molecule has 0 heterocycles. The van der Waals surface area contributed by atoms with Crippen molar-refractivity contribution < 1.29 is 31.6 Å². The lowest BCUT2D eigenvalue weighted by Gasteiger charge is -2.11. The zero-order valence-corrected chi connectivity index (χ0v) is 8.93. The van der Waals surface area contributed by atoms with Gasteiger partial charge in [0.25, 0.3) is 5.69 Å². The van der Waals surface area contributed by atoms with Crippen LogP contribution in [0, 0.1) is 10.1 Å². The van der Waals surface area contributed by atoms with E-state index in [0.29, 0.717) is 6.07 Å². The van der Waals surface area contributed by atoms with E-state index in [4.69, 9.17) is 11.6 Å². The van der Waals surface area contributed by atoms with Crippen LogP contribution in [0.5, 0.6) is 5.75 Å². The fourth-order valence-corrected chi connectivity index (χ4v) is 1.31. The maximum Gasteiger partial charge on any atom is 0.423 e. The smallest absolute Gasteiger partial charge is 0.423 e. The standard InChI is InChI=1S/C8H3ClF5NO3/c9-4-2-5(15(16)17)3(8(12,13)14)1-6(4)18-7(10)11/h1-2,7H. The van der Waals surface area contributed by atoms with Crippen LogP contribution < -0.4 is 4.74 Å². The van der Waals surface area contributed by atoms with Gasteiger partial charge in [-0.15, -0.1) is 0 Å². The summed E-state index contributed by atoms with van der Waals surface area (Å²) in [7, 11) is 0. The fraction of sp³-hybridized carbons (Fsp3) is 0.250. The number of nitro groups is 1. The highest BCUT2D eigenvalue weighted by Gasteiger charge is 2.39. The Morgan fingerprint density at radius 1 is 1.33 bits per heavy atom. The quantitative estimate of drug-likeness (QED) is 0.482. The second-order valence-corrected chi connectivity index (χ2v) is 3.34. The van der Waals surface area contributed by atoms with Crippen molar-refractivity contribution in [3.05, 3.63) is 32.8 Å². The van der Waals surface area contributed by atoms with Gasteiger partial charge in [-0.25, -0.2) is 0 Å². The SMILES string of the molecule is O=[N+]([O-])c1cc(Cl)c(OC(F)F)cc1C(F)(F)F. The second-order valence-electron chi connectivity index (χ2n) is 2.93. The number of ether oxygens (including phenoxy) is 1. The minimum Gasteiger partial charge on any atom is -0.433 e. The predicted octanol–water partition coefficient (Wildman–Crippen LogP) is 3.87. The Morgan fingerprint density at radius 2 is 1.89 bits per heavy atom. The van der Waals surface area contributed by atoms with Gasteiger partial charge in [-0.3, -0.25) is 10.1 Å². The molecule has 0 bridgehead atoms. The average molecular weight is 292 g/mol. The zero-order valence-electron chi connectivity index (χ0n) is 8.17. The third kappa shape index (κ3) is 3.19. The normalized spacial score (nSPS) is 11.7. The van der Waals surface area contributed by atoms with Crippen molar-refractivity contribution in [2.24, 2.45) is 0 Å². The van der Waals surface area contributed by atoms with Crippen LogP contribution in [0.3, 0.4) is 0 Å². The number of nitro benzene ring substituents is 1. The Hall–Kier alpha value is -1.64. The Balaban J connectivity index is 3.41. The molecule has 4 nitrogen and oxygen atoms in total. The number of alkyl halides is 5. The molecule has 100 valence electrons. The number of rotatable bonds is 3. The molecule has 0 aromatic heterocycles. The van der Waals surface area contributed by atoms with Crippen molar-refractivity contribution in [2.45, 2.75) is 12.8 Å². The molecular formula is C8H3ClF5NO3. The van der Waals surface area contributed by atoms with Gasteiger partial charge in [-0.05, 0) is 0 Å². The molecule has 0 aliphatic heterocycles. The molecule has 0 fully saturated rings. The molecule has 0 saturated carbocycles. The first-order valence-corrected chi connectivity index (χ1v) is 4.50. The molecule has 1 aromatic carbocycles. The number of hydrogen-bond acceptors (Lipinski definition) is 3. The summed E-state index contributed by atoms with van der Waals surface area (Å²) >= 11 is 5.31. The Morgan fingerprint density at radius 3 is 2.28 bits per heavy atom. The van der Waals surface area contributed by atoms with Crippen LogP contribution in [-0.4, -0.2) is 11.5 Å². The summed E-state index contributed by atoms with van der Waals surface area (Å²) in [6, 6.07) is 0.370. The third-order valence-electron chi connectivity index (χ3n) is 1.77. The topological polar surface area (TPSA) is 52.4 Å². The molecule has 0 atom stereocenters. The van der Waals surface area contributed by atoms with E-state index in [-0.39, 0.29) is 6.07 Å². The van der Waals surface area contributed by atoms with Crippen molar-refractivity contribution in [1.82, 2.24) is 0 Å². The largest absolute Gasteiger partial charge is 0.433 e.